The van der Waals surface area contributed by atoms with Crippen LogP contribution in [0.25, 0.3) is 10.9 Å². The Kier molecular flexibility index (Phi) is 2.93. The van der Waals surface area contributed by atoms with Crippen molar-refractivity contribution < 1.29 is 4.79 Å². The maximum absolute atomic E-state index is 11.3. The van der Waals surface area contributed by atoms with Gasteiger partial charge in [-0.15, -0.1) is 0 Å². The van der Waals surface area contributed by atoms with Gasteiger partial charge in [0.25, 0.3) is 0 Å². The van der Waals surface area contributed by atoms with Crippen molar-refractivity contribution in [1.82, 2.24) is 9.47 Å². The van der Waals surface area contributed by atoms with Crippen LogP contribution in [0, 0.1) is 0 Å². The van der Waals surface area contributed by atoms with Crippen molar-refractivity contribution in [2.75, 3.05) is 31.1 Å². The Morgan fingerprint density at radius 1 is 1.11 bits per heavy atom. The second-order valence-corrected chi connectivity index (χ2v) is 5.16. The highest BCUT2D eigenvalue weighted by Gasteiger charge is 2.18. The van der Waals surface area contributed by atoms with Gasteiger partial charge < -0.3 is 14.4 Å². The molecule has 0 N–H and O–H groups in total. The summed E-state index contributed by atoms with van der Waals surface area (Å²) in [6, 6.07) is 8.72. The van der Waals surface area contributed by atoms with Gasteiger partial charge in [-0.1, -0.05) is 0 Å². The molecule has 1 fully saturated rings. The summed E-state index contributed by atoms with van der Waals surface area (Å²) in [5.74, 6) is 0.179. The van der Waals surface area contributed by atoms with E-state index < -0.39 is 0 Å². The first-order valence-corrected chi connectivity index (χ1v) is 6.71. The van der Waals surface area contributed by atoms with E-state index in [-0.39, 0.29) is 5.91 Å². The lowest BCUT2D eigenvalue weighted by molar-refractivity contribution is -0.129. The number of hydrogen-bond donors (Lipinski definition) is 0. The lowest BCUT2D eigenvalue weighted by Crippen LogP contribution is -2.48. The van der Waals surface area contributed by atoms with Crippen LogP contribution in [0.1, 0.15) is 6.92 Å². The number of aryl methyl sites for hydroxylation is 1. The molecule has 2 aromatic rings. The van der Waals surface area contributed by atoms with Crippen molar-refractivity contribution in [1.29, 1.82) is 0 Å². The van der Waals surface area contributed by atoms with Crippen LogP contribution >= 0.6 is 0 Å². The number of carbonyl (C=O) groups is 1. The van der Waals surface area contributed by atoms with Gasteiger partial charge in [0.15, 0.2) is 0 Å². The van der Waals surface area contributed by atoms with E-state index in [9.17, 15) is 4.79 Å². The highest BCUT2D eigenvalue weighted by molar-refractivity contribution is 5.84. The monoisotopic (exact) mass is 257 g/mol. The maximum Gasteiger partial charge on any atom is 0.219 e. The lowest BCUT2D eigenvalue weighted by atomic mass is 10.2. The van der Waals surface area contributed by atoms with Gasteiger partial charge in [-0.2, -0.15) is 0 Å². The fourth-order valence-corrected chi connectivity index (χ4v) is 2.75. The average molecular weight is 257 g/mol. The molecular weight excluding hydrogens is 238 g/mol. The summed E-state index contributed by atoms with van der Waals surface area (Å²) in [6.07, 6.45) is 2.09. The Bertz CT molecular complexity index is 609. The Labute approximate surface area is 113 Å². The quantitative estimate of drug-likeness (QED) is 0.780. The second-order valence-electron chi connectivity index (χ2n) is 5.16. The molecule has 0 spiro atoms. The highest BCUT2D eigenvalue weighted by atomic mass is 16.2. The van der Waals surface area contributed by atoms with Gasteiger partial charge in [0.05, 0.1) is 0 Å². The lowest BCUT2D eigenvalue weighted by Gasteiger charge is -2.35. The topological polar surface area (TPSA) is 28.5 Å². The molecule has 1 aliphatic heterocycles. The number of rotatable bonds is 1. The van der Waals surface area contributed by atoms with Crippen molar-refractivity contribution in [3.8, 4) is 0 Å². The number of aromatic nitrogens is 1. The van der Waals surface area contributed by atoms with Crippen LogP contribution in [0.4, 0.5) is 5.69 Å². The van der Waals surface area contributed by atoms with Crippen molar-refractivity contribution in [2.24, 2.45) is 7.05 Å². The first-order valence-electron chi connectivity index (χ1n) is 6.71. The van der Waals surface area contributed by atoms with Gasteiger partial charge >= 0.3 is 0 Å². The third kappa shape index (κ3) is 2.18. The summed E-state index contributed by atoms with van der Waals surface area (Å²) >= 11 is 0. The summed E-state index contributed by atoms with van der Waals surface area (Å²) in [4.78, 5) is 15.6. The molecule has 2 heterocycles. The average Bonchev–Trinajstić information content (AvgIpc) is 2.80. The van der Waals surface area contributed by atoms with E-state index in [1.165, 1.54) is 16.6 Å². The van der Waals surface area contributed by atoms with Crippen LogP contribution < -0.4 is 4.90 Å². The largest absolute Gasteiger partial charge is 0.368 e. The van der Waals surface area contributed by atoms with Gasteiger partial charge in [0, 0.05) is 62.9 Å². The minimum Gasteiger partial charge on any atom is -0.368 e. The second kappa shape index (κ2) is 4.61. The smallest absolute Gasteiger partial charge is 0.219 e. The summed E-state index contributed by atoms with van der Waals surface area (Å²) in [5.41, 5.74) is 2.51. The first-order chi connectivity index (χ1) is 9.15. The SMILES string of the molecule is CC(=O)N1CCN(c2ccc3c(ccn3C)c2)CC1. The molecule has 1 aromatic heterocycles. The number of amides is 1. The van der Waals surface area contributed by atoms with E-state index in [0.717, 1.165) is 26.2 Å². The van der Waals surface area contributed by atoms with Crippen molar-refractivity contribution >= 4 is 22.5 Å². The third-order valence-electron chi connectivity index (χ3n) is 3.96. The molecule has 19 heavy (non-hydrogen) atoms. The summed E-state index contributed by atoms with van der Waals surface area (Å²) in [7, 11) is 2.06. The molecule has 0 bridgehead atoms. The predicted octanol–water partition coefficient (Wildman–Crippen LogP) is 1.85. The van der Waals surface area contributed by atoms with Crippen LogP contribution in [-0.2, 0) is 11.8 Å². The summed E-state index contributed by atoms with van der Waals surface area (Å²) in [5, 5.41) is 1.27. The minimum atomic E-state index is 0.179. The van der Waals surface area contributed by atoms with Crippen LogP contribution in [-0.4, -0.2) is 41.6 Å². The highest BCUT2D eigenvalue weighted by Crippen LogP contribution is 2.23. The van der Waals surface area contributed by atoms with Crippen molar-refractivity contribution in [3.05, 3.63) is 30.5 Å². The molecule has 3 rings (SSSR count). The number of hydrogen-bond acceptors (Lipinski definition) is 2. The van der Waals surface area contributed by atoms with E-state index in [4.69, 9.17) is 0 Å². The Morgan fingerprint density at radius 2 is 1.84 bits per heavy atom. The van der Waals surface area contributed by atoms with Gasteiger partial charge in [-0.25, -0.2) is 0 Å². The van der Waals surface area contributed by atoms with E-state index in [0.29, 0.717) is 0 Å². The molecule has 100 valence electrons. The van der Waals surface area contributed by atoms with Crippen LogP contribution in [0.5, 0.6) is 0 Å². The molecule has 4 nitrogen and oxygen atoms in total. The molecule has 1 aromatic carbocycles. The Hall–Kier alpha value is -1.97. The standard InChI is InChI=1S/C15H19N3O/c1-12(19)17-7-9-18(10-8-17)14-3-4-15-13(11-14)5-6-16(15)2/h3-6,11H,7-10H2,1-2H3. The molecule has 0 saturated carbocycles. The van der Waals surface area contributed by atoms with E-state index >= 15 is 0 Å². The van der Waals surface area contributed by atoms with Crippen LogP contribution in [0.15, 0.2) is 30.5 Å². The number of anilines is 1. The zero-order valence-corrected chi connectivity index (χ0v) is 11.5. The van der Waals surface area contributed by atoms with E-state index in [1.54, 1.807) is 6.92 Å². The molecule has 0 radical (unpaired) electrons. The fourth-order valence-electron chi connectivity index (χ4n) is 2.75. The Morgan fingerprint density at radius 3 is 2.53 bits per heavy atom. The predicted molar refractivity (Wildman–Crippen MR) is 77.4 cm³/mol. The summed E-state index contributed by atoms with van der Waals surface area (Å²) in [6.45, 7) is 5.12. The van der Waals surface area contributed by atoms with Gasteiger partial charge in [-0.05, 0) is 24.3 Å². The van der Waals surface area contributed by atoms with Crippen LogP contribution in [0.3, 0.4) is 0 Å². The normalized spacial score (nSPS) is 16.1. The minimum absolute atomic E-state index is 0.179. The molecule has 0 atom stereocenters. The van der Waals surface area contributed by atoms with Gasteiger partial charge in [0.1, 0.15) is 0 Å². The molecule has 0 unspecified atom stereocenters. The molecule has 1 amide bonds. The zero-order chi connectivity index (χ0) is 13.4. The third-order valence-corrected chi connectivity index (χ3v) is 3.96. The molecule has 1 saturated heterocycles. The maximum atomic E-state index is 11.3. The van der Waals surface area contributed by atoms with Crippen molar-refractivity contribution in [2.45, 2.75) is 6.92 Å². The molecule has 4 heteroatoms. The molecule has 0 aliphatic carbocycles. The zero-order valence-electron chi connectivity index (χ0n) is 11.5. The number of benzene rings is 1. The van der Waals surface area contributed by atoms with Crippen LogP contribution in [0.2, 0.25) is 0 Å². The van der Waals surface area contributed by atoms with Gasteiger partial charge in [-0.3, -0.25) is 4.79 Å². The first kappa shape index (κ1) is 12.1. The van der Waals surface area contributed by atoms with E-state index in [2.05, 4.69) is 47.0 Å². The number of fused-ring (bicyclic) bond motifs is 1. The molecular formula is C15H19N3O. The Balaban J connectivity index is 1.80. The van der Waals surface area contributed by atoms with E-state index in [1.807, 2.05) is 4.90 Å². The fraction of sp³-hybridized carbons (Fsp3) is 0.400. The number of piperazine rings is 1. The molecule has 1 aliphatic rings. The van der Waals surface area contributed by atoms with Crippen molar-refractivity contribution in [3.63, 3.8) is 0 Å². The van der Waals surface area contributed by atoms with Gasteiger partial charge in [0.2, 0.25) is 5.91 Å². The number of carbonyl (C=O) groups excluding carboxylic acids is 1. The summed E-state index contributed by atoms with van der Waals surface area (Å²) < 4.78 is 2.13. The number of nitrogens with zero attached hydrogens (tertiary/aromatic N) is 3.